The summed E-state index contributed by atoms with van der Waals surface area (Å²) in [6, 6.07) is 9.61. The van der Waals surface area contributed by atoms with Crippen molar-refractivity contribution in [1.29, 1.82) is 0 Å². The summed E-state index contributed by atoms with van der Waals surface area (Å²) in [5.74, 6) is -0.145. The third-order valence-corrected chi connectivity index (χ3v) is 4.57. The summed E-state index contributed by atoms with van der Waals surface area (Å²) in [5.41, 5.74) is 1.72. The van der Waals surface area contributed by atoms with Gasteiger partial charge in [0.25, 0.3) is 0 Å². The molecule has 8 heteroatoms. The molecule has 1 amide bonds. The van der Waals surface area contributed by atoms with Gasteiger partial charge in [-0.1, -0.05) is 18.2 Å². The Bertz CT molecular complexity index is 741. The average Bonchev–Trinajstić information content (AvgIpc) is 3.01. The number of carbonyl (C=O) groups excluding carboxylic acids is 1. The maximum absolute atomic E-state index is 11.8. The molecule has 0 aliphatic heterocycles. The number of hydrogen-bond donors (Lipinski definition) is 2. The highest BCUT2D eigenvalue weighted by Crippen LogP contribution is 2.07. The Kier molecular flexibility index (Phi) is 5.89. The van der Waals surface area contributed by atoms with E-state index in [9.17, 15) is 13.2 Å². The Morgan fingerprint density at radius 2 is 1.96 bits per heavy atom. The van der Waals surface area contributed by atoms with Crippen molar-refractivity contribution >= 4 is 15.9 Å². The molecule has 0 fully saturated rings. The molecule has 1 heterocycles. The van der Waals surface area contributed by atoms with Gasteiger partial charge in [-0.2, -0.15) is 5.10 Å². The van der Waals surface area contributed by atoms with Crippen molar-refractivity contribution in [2.45, 2.75) is 13.3 Å². The van der Waals surface area contributed by atoms with E-state index < -0.39 is 10.0 Å². The Morgan fingerprint density at radius 1 is 1.22 bits per heavy atom. The number of aromatic nitrogens is 2. The first-order valence-corrected chi connectivity index (χ1v) is 8.98. The second-order valence-corrected chi connectivity index (χ2v) is 7.05. The molecule has 0 bridgehead atoms. The number of hydrogen-bond acceptors (Lipinski definition) is 4. The van der Waals surface area contributed by atoms with E-state index in [0.29, 0.717) is 0 Å². The summed E-state index contributed by atoms with van der Waals surface area (Å²) < 4.78 is 26.6. The molecular formula is C15H20N4O3S. The second-order valence-electron chi connectivity index (χ2n) is 4.95. The topological polar surface area (TPSA) is 93.1 Å². The quantitative estimate of drug-likeness (QED) is 0.685. The molecule has 7 nitrogen and oxygen atoms in total. The molecule has 0 atom stereocenters. The monoisotopic (exact) mass is 336 g/mol. The molecule has 1 aromatic carbocycles. The van der Waals surface area contributed by atoms with Gasteiger partial charge in [-0.3, -0.25) is 4.79 Å². The molecule has 2 N–H and O–H groups in total. The van der Waals surface area contributed by atoms with Gasteiger partial charge in [0.05, 0.1) is 24.1 Å². The fraction of sp³-hybridized carbons (Fsp3) is 0.333. The number of sulfonamides is 1. The predicted octanol–water partition coefficient (Wildman–Crippen LogP) is 0.470. The standard InChI is InChI=1S/C15H20N4O3S/c1-2-23(21,22)18-9-8-16-15(20)10-13-11-17-19(12-13)14-6-4-3-5-7-14/h3-7,11-12,18H,2,8-10H2,1H3,(H,16,20). The number of carbonyl (C=O) groups is 1. The summed E-state index contributed by atoms with van der Waals surface area (Å²) >= 11 is 0. The van der Waals surface area contributed by atoms with Crippen LogP contribution in [0.4, 0.5) is 0 Å². The molecule has 0 unspecified atom stereocenters. The minimum Gasteiger partial charge on any atom is -0.354 e. The Balaban J connectivity index is 1.79. The highest BCUT2D eigenvalue weighted by atomic mass is 32.2. The molecule has 0 saturated carbocycles. The lowest BCUT2D eigenvalue weighted by Gasteiger charge is -2.06. The van der Waals surface area contributed by atoms with Crippen LogP contribution in [0.25, 0.3) is 5.69 Å². The van der Waals surface area contributed by atoms with E-state index in [1.165, 1.54) is 0 Å². The SMILES string of the molecule is CCS(=O)(=O)NCCNC(=O)Cc1cnn(-c2ccccc2)c1. The van der Waals surface area contributed by atoms with Crippen LogP contribution >= 0.6 is 0 Å². The number of nitrogens with one attached hydrogen (secondary N) is 2. The van der Waals surface area contributed by atoms with Crippen LogP contribution in [0, 0.1) is 0 Å². The van der Waals surface area contributed by atoms with Crippen LogP contribution in [0.5, 0.6) is 0 Å². The fourth-order valence-electron chi connectivity index (χ4n) is 1.93. The van der Waals surface area contributed by atoms with Crippen molar-refractivity contribution in [3.63, 3.8) is 0 Å². The van der Waals surface area contributed by atoms with Crippen LogP contribution in [0.1, 0.15) is 12.5 Å². The van der Waals surface area contributed by atoms with Gasteiger partial charge in [-0.15, -0.1) is 0 Å². The summed E-state index contributed by atoms with van der Waals surface area (Å²) in [6.45, 7) is 2.00. The largest absolute Gasteiger partial charge is 0.354 e. The van der Waals surface area contributed by atoms with E-state index in [1.807, 2.05) is 30.3 Å². The molecule has 2 aromatic rings. The van der Waals surface area contributed by atoms with Gasteiger partial charge in [0.15, 0.2) is 0 Å². The van der Waals surface area contributed by atoms with Gasteiger partial charge in [0, 0.05) is 19.3 Å². The first kappa shape index (κ1) is 17.2. The molecular weight excluding hydrogens is 316 g/mol. The van der Waals surface area contributed by atoms with E-state index in [2.05, 4.69) is 15.1 Å². The molecule has 2 rings (SSSR count). The van der Waals surface area contributed by atoms with Crippen molar-refractivity contribution in [2.75, 3.05) is 18.8 Å². The van der Waals surface area contributed by atoms with Gasteiger partial charge >= 0.3 is 0 Å². The molecule has 0 aliphatic carbocycles. The minimum atomic E-state index is -3.22. The predicted molar refractivity (Wildman–Crippen MR) is 87.7 cm³/mol. The first-order valence-electron chi connectivity index (χ1n) is 7.33. The van der Waals surface area contributed by atoms with Gasteiger partial charge in [0.1, 0.15) is 0 Å². The molecule has 0 radical (unpaired) electrons. The lowest BCUT2D eigenvalue weighted by molar-refractivity contribution is -0.120. The van der Waals surface area contributed by atoms with E-state index >= 15 is 0 Å². The van der Waals surface area contributed by atoms with Gasteiger partial charge < -0.3 is 5.32 Å². The molecule has 23 heavy (non-hydrogen) atoms. The Morgan fingerprint density at radius 3 is 2.65 bits per heavy atom. The maximum atomic E-state index is 11.8. The molecule has 1 aromatic heterocycles. The second kappa shape index (κ2) is 7.89. The van der Waals surface area contributed by atoms with Crippen molar-refractivity contribution < 1.29 is 13.2 Å². The van der Waals surface area contributed by atoms with Crippen LogP contribution in [0.3, 0.4) is 0 Å². The van der Waals surface area contributed by atoms with E-state index in [0.717, 1.165) is 11.3 Å². The first-order chi connectivity index (χ1) is 11.0. The third kappa shape index (κ3) is 5.50. The van der Waals surface area contributed by atoms with Crippen LogP contribution < -0.4 is 10.0 Å². The van der Waals surface area contributed by atoms with E-state index in [-0.39, 0.29) is 31.2 Å². The smallest absolute Gasteiger partial charge is 0.224 e. The van der Waals surface area contributed by atoms with E-state index in [4.69, 9.17) is 0 Å². The fourth-order valence-corrected chi connectivity index (χ4v) is 2.55. The molecule has 124 valence electrons. The number of para-hydroxylation sites is 1. The van der Waals surface area contributed by atoms with Gasteiger partial charge in [0.2, 0.25) is 15.9 Å². The van der Waals surface area contributed by atoms with Crippen LogP contribution in [0.2, 0.25) is 0 Å². The maximum Gasteiger partial charge on any atom is 0.224 e. The zero-order valence-electron chi connectivity index (χ0n) is 12.9. The summed E-state index contributed by atoms with van der Waals surface area (Å²) in [6.07, 6.45) is 3.65. The Labute approximate surface area is 135 Å². The van der Waals surface area contributed by atoms with Crippen LogP contribution in [-0.4, -0.2) is 42.9 Å². The minimum absolute atomic E-state index is 0.0274. The van der Waals surface area contributed by atoms with Crippen LogP contribution in [-0.2, 0) is 21.2 Å². The lowest BCUT2D eigenvalue weighted by atomic mass is 10.2. The van der Waals surface area contributed by atoms with Gasteiger partial charge in [-0.25, -0.2) is 17.8 Å². The average molecular weight is 336 g/mol. The number of nitrogens with zero attached hydrogens (tertiary/aromatic N) is 2. The number of amides is 1. The summed E-state index contributed by atoms with van der Waals surface area (Å²) in [7, 11) is -3.22. The highest BCUT2D eigenvalue weighted by Gasteiger charge is 2.08. The molecule has 0 spiro atoms. The summed E-state index contributed by atoms with van der Waals surface area (Å²) in [5, 5.41) is 6.90. The highest BCUT2D eigenvalue weighted by molar-refractivity contribution is 7.89. The Hall–Kier alpha value is -2.19. The van der Waals surface area contributed by atoms with Crippen molar-refractivity contribution in [2.24, 2.45) is 0 Å². The van der Waals surface area contributed by atoms with Crippen molar-refractivity contribution in [3.05, 3.63) is 48.3 Å². The molecule has 0 aliphatic rings. The zero-order chi connectivity index (χ0) is 16.7. The van der Waals surface area contributed by atoms with E-state index in [1.54, 1.807) is 24.0 Å². The summed E-state index contributed by atoms with van der Waals surface area (Å²) in [4.78, 5) is 11.8. The third-order valence-electron chi connectivity index (χ3n) is 3.17. The van der Waals surface area contributed by atoms with Crippen molar-refractivity contribution in [3.8, 4) is 5.69 Å². The number of rotatable bonds is 8. The lowest BCUT2D eigenvalue weighted by Crippen LogP contribution is -2.35. The molecule has 0 saturated heterocycles. The van der Waals surface area contributed by atoms with Crippen LogP contribution in [0.15, 0.2) is 42.7 Å². The number of benzene rings is 1. The van der Waals surface area contributed by atoms with Gasteiger partial charge in [-0.05, 0) is 24.6 Å². The zero-order valence-corrected chi connectivity index (χ0v) is 13.7. The van der Waals surface area contributed by atoms with Crippen molar-refractivity contribution in [1.82, 2.24) is 19.8 Å². The normalized spacial score (nSPS) is 11.3.